The standard InChI is InChI=1S/C18H27N3O4/c1-4-24-17(25-5-2)12-19-16(22)13-20-10-11-21(18(20)23)15-8-6-14(3)7-9-15/h6-9,17H,4-5,10-13H2,1-3H3,(H,19,22). The molecule has 0 saturated carbocycles. The van der Waals surface area contributed by atoms with Gasteiger partial charge in [-0.15, -0.1) is 0 Å². The van der Waals surface area contributed by atoms with Crippen molar-refractivity contribution in [2.24, 2.45) is 0 Å². The fourth-order valence-corrected chi connectivity index (χ4v) is 2.66. The van der Waals surface area contributed by atoms with Crippen molar-refractivity contribution >= 4 is 17.6 Å². The van der Waals surface area contributed by atoms with Crippen LogP contribution in [0.4, 0.5) is 10.5 Å². The molecular formula is C18H27N3O4. The topological polar surface area (TPSA) is 71.1 Å². The summed E-state index contributed by atoms with van der Waals surface area (Å²) in [4.78, 5) is 27.8. The summed E-state index contributed by atoms with van der Waals surface area (Å²) in [6, 6.07) is 7.64. The second-order valence-corrected chi connectivity index (χ2v) is 5.84. The van der Waals surface area contributed by atoms with Crippen molar-refractivity contribution in [1.29, 1.82) is 0 Å². The molecule has 0 aromatic heterocycles. The lowest BCUT2D eigenvalue weighted by atomic mass is 10.2. The van der Waals surface area contributed by atoms with Crippen molar-refractivity contribution in [2.75, 3.05) is 44.3 Å². The fraction of sp³-hybridized carbons (Fsp3) is 0.556. The maximum atomic E-state index is 12.5. The molecule has 2 rings (SSSR count). The van der Waals surface area contributed by atoms with Crippen LogP contribution in [0.1, 0.15) is 19.4 Å². The Hall–Kier alpha value is -2.12. The molecule has 1 N–H and O–H groups in total. The third-order valence-electron chi connectivity index (χ3n) is 3.95. The van der Waals surface area contributed by atoms with Crippen LogP contribution >= 0.6 is 0 Å². The van der Waals surface area contributed by atoms with Crippen molar-refractivity contribution < 1.29 is 19.1 Å². The minimum atomic E-state index is -0.461. The molecular weight excluding hydrogens is 322 g/mol. The average molecular weight is 349 g/mol. The van der Waals surface area contributed by atoms with Gasteiger partial charge >= 0.3 is 6.03 Å². The fourth-order valence-electron chi connectivity index (χ4n) is 2.66. The number of urea groups is 1. The van der Waals surface area contributed by atoms with E-state index < -0.39 is 6.29 Å². The van der Waals surface area contributed by atoms with Gasteiger partial charge in [-0.3, -0.25) is 9.69 Å². The van der Waals surface area contributed by atoms with Gasteiger partial charge in [0.2, 0.25) is 5.91 Å². The normalized spacial score (nSPS) is 14.5. The number of hydrogen-bond acceptors (Lipinski definition) is 4. The number of nitrogens with one attached hydrogen (secondary N) is 1. The predicted octanol–water partition coefficient (Wildman–Crippen LogP) is 1.75. The lowest BCUT2D eigenvalue weighted by molar-refractivity contribution is -0.140. The molecule has 0 aliphatic carbocycles. The SMILES string of the molecule is CCOC(CNC(=O)CN1CCN(c2ccc(C)cc2)C1=O)OCC. The van der Waals surface area contributed by atoms with Gasteiger partial charge in [-0.25, -0.2) is 4.79 Å². The molecule has 1 heterocycles. The Morgan fingerprint density at radius 2 is 1.80 bits per heavy atom. The highest BCUT2D eigenvalue weighted by Gasteiger charge is 2.30. The Bertz CT molecular complexity index is 570. The molecule has 0 bridgehead atoms. The highest BCUT2D eigenvalue weighted by molar-refractivity contribution is 5.96. The lowest BCUT2D eigenvalue weighted by Crippen LogP contribution is -2.43. The molecule has 1 fully saturated rings. The van der Waals surface area contributed by atoms with E-state index in [9.17, 15) is 9.59 Å². The van der Waals surface area contributed by atoms with Crippen LogP contribution in [-0.4, -0.2) is 62.5 Å². The first kappa shape index (κ1) is 19.2. The second-order valence-electron chi connectivity index (χ2n) is 5.84. The summed E-state index contributed by atoms with van der Waals surface area (Å²) in [5, 5.41) is 2.76. The molecule has 3 amide bonds. The third-order valence-corrected chi connectivity index (χ3v) is 3.95. The van der Waals surface area contributed by atoms with E-state index >= 15 is 0 Å². The molecule has 1 aliphatic rings. The first-order valence-electron chi connectivity index (χ1n) is 8.68. The first-order valence-corrected chi connectivity index (χ1v) is 8.68. The summed E-state index contributed by atoms with van der Waals surface area (Å²) in [7, 11) is 0. The minimum Gasteiger partial charge on any atom is -0.351 e. The number of aryl methyl sites for hydroxylation is 1. The zero-order valence-electron chi connectivity index (χ0n) is 15.2. The molecule has 1 saturated heterocycles. The summed E-state index contributed by atoms with van der Waals surface area (Å²) in [5.41, 5.74) is 2.00. The smallest absolute Gasteiger partial charge is 0.325 e. The van der Waals surface area contributed by atoms with Crippen LogP contribution in [-0.2, 0) is 14.3 Å². The Balaban J connectivity index is 1.83. The maximum absolute atomic E-state index is 12.5. The number of carbonyl (C=O) groups is 2. The summed E-state index contributed by atoms with van der Waals surface area (Å²) >= 11 is 0. The van der Waals surface area contributed by atoms with Crippen LogP contribution in [0.3, 0.4) is 0 Å². The van der Waals surface area contributed by atoms with E-state index in [2.05, 4.69) is 5.32 Å². The Morgan fingerprint density at radius 1 is 1.16 bits per heavy atom. The van der Waals surface area contributed by atoms with Crippen LogP contribution in [0.5, 0.6) is 0 Å². The Morgan fingerprint density at radius 3 is 2.40 bits per heavy atom. The summed E-state index contributed by atoms with van der Waals surface area (Å²) in [6.07, 6.45) is -0.461. The van der Waals surface area contributed by atoms with E-state index in [1.54, 1.807) is 9.80 Å². The number of ether oxygens (including phenoxy) is 2. The van der Waals surface area contributed by atoms with Crippen molar-refractivity contribution in [3.8, 4) is 0 Å². The summed E-state index contributed by atoms with van der Waals surface area (Å²) < 4.78 is 10.8. The van der Waals surface area contributed by atoms with E-state index in [0.717, 1.165) is 11.3 Å². The Kier molecular flexibility index (Phi) is 7.21. The first-order chi connectivity index (χ1) is 12.0. The van der Waals surface area contributed by atoms with Crippen molar-refractivity contribution in [2.45, 2.75) is 27.1 Å². The number of carbonyl (C=O) groups excluding carboxylic acids is 2. The van der Waals surface area contributed by atoms with Gasteiger partial charge in [0.15, 0.2) is 6.29 Å². The number of benzene rings is 1. The van der Waals surface area contributed by atoms with Crippen LogP contribution in [0, 0.1) is 6.92 Å². The van der Waals surface area contributed by atoms with Crippen molar-refractivity contribution in [1.82, 2.24) is 10.2 Å². The highest BCUT2D eigenvalue weighted by Crippen LogP contribution is 2.20. The molecule has 138 valence electrons. The highest BCUT2D eigenvalue weighted by atomic mass is 16.7. The van der Waals surface area contributed by atoms with E-state index in [-0.39, 0.29) is 25.0 Å². The van der Waals surface area contributed by atoms with E-state index in [1.165, 1.54) is 0 Å². The lowest BCUT2D eigenvalue weighted by Gasteiger charge is -2.20. The number of nitrogens with zero attached hydrogens (tertiary/aromatic N) is 2. The van der Waals surface area contributed by atoms with Crippen LogP contribution in [0.2, 0.25) is 0 Å². The largest absolute Gasteiger partial charge is 0.351 e. The van der Waals surface area contributed by atoms with E-state index in [1.807, 2.05) is 45.0 Å². The minimum absolute atomic E-state index is 0.0339. The third kappa shape index (κ3) is 5.44. The molecule has 7 heteroatoms. The van der Waals surface area contributed by atoms with Gasteiger partial charge in [0.1, 0.15) is 6.54 Å². The molecule has 0 atom stereocenters. The monoisotopic (exact) mass is 349 g/mol. The molecule has 0 unspecified atom stereocenters. The molecule has 7 nitrogen and oxygen atoms in total. The van der Waals surface area contributed by atoms with E-state index in [4.69, 9.17) is 9.47 Å². The molecule has 1 aliphatic heterocycles. The molecule has 25 heavy (non-hydrogen) atoms. The molecule has 0 spiro atoms. The van der Waals surface area contributed by atoms with Crippen LogP contribution in [0.25, 0.3) is 0 Å². The summed E-state index contributed by atoms with van der Waals surface area (Å²) in [6.45, 7) is 8.18. The van der Waals surface area contributed by atoms with Gasteiger partial charge < -0.3 is 19.7 Å². The molecule has 1 aromatic rings. The predicted molar refractivity (Wildman–Crippen MR) is 95.5 cm³/mol. The Labute approximate surface area is 148 Å². The zero-order valence-corrected chi connectivity index (χ0v) is 15.2. The zero-order chi connectivity index (χ0) is 18.2. The number of rotatable bonds is 9. The quantitative estimate of drug-likeness (QED) is 0.690. The van der Waals surface area contributed by atoms with Gasteiger partial charge in [-0.1, -0.05) is 17.7 Å². The van der Waals surface area contributed by atoms with Crippen molar-refractivity contribution in [3.05, 3.63) is 29.8 Å². The van der Waals surface area contributed by atoms with Gasteiger partial charge in [0.05, 0.1) is 6.54 Å². The van der Waals surface area contributed by atoms with Gasteiger partial charge in [-0.2, -0.15) is 0 Å². The number of hydrogen-bond donors (Lipinski definition) is 1. The summed E-state index contributed by atoms with van der Waals surface area (Å²) in [5.74, 6) is -0.219. The van der Waals surface area contributed by atoms with Gasteiger partial charge in [0.25, 0.3) is 0 Å². The van der Waals surface area contributed by atoms with Crippen LogP contribution < -0.4 is 10.2 Å². The van der Waals surface area contributed by atoms with Crippen molar-refractivity contribution in [3.63, 3.8) is 0 Å². The number of amides is 3. The number of anilines is 1. The van der Waals surface area contributed by atoms with E-state index in [0.29, 0.717) is 26.3 Å². The molecule has 1 aromatic carbocycles. The maximum Gasteiger partial charge on any atom is 0.325 e. The average Bonchev–Trinajstić information content (AvgIpc) is 2.95. The molecule has 0 radical (unpaired) electrons. The van der Waals surface area contributed by atoms with Gasteiger partial charge in [-0.05, 0) is 32.9 Å². The van der Waals surface area contributed by atoms with Gasteiger partial charge in [0, 0.05) is 32.0 Å². The van der Waals surface area contributed by atoms with Crippen LogP contribution in [0.15, 0.2) is 24.3 Å². The second kappa shape index (κ2) is 9.39.